The molecule has 134 valence electrons. The number of hydrogen-bond acceptors (Lipinski definition) is 4. The average Bonchev–Trinajstić information content (AvgIpc) is 3.12. The Balaban J connectivity index is 1.66. The molecule has 1 aromatic heterocycles. The van der Waals surface area contributed by atoms with Gasteiger partial charge in [0.05, 0.1) is 22.2 Å². The van der Waals surface area contributed by atoms with Gasteiger partial charge in [0.25, 0.3) is 0 Å². The number of H-pyrrole nitrogens is 1. The smallest absolute Gasteiger partial charge is 0.399 e. The fourth-order valence-corrected chi connectivity index (χ4v) is 3.08. The topological polar surface area (TPSA) is 59.2 Å². The molecule has 2 aromatic carbocycles. The van der Waals surface area contributed by atoms with Crippen molar-refractivity contribution in [1.82, 2.24) is 9.97 Å². The van der Waals surface area contributed by atoms with E-state index < -0.39 is 0 Å². The summed E-state index contributed by atoms with van der Waals surface area (Å²) in [5.74, 6) is 0.855. The highest BCUT2D eigenvalue weighted by Crippen LogP contribution is 2.36. The normalized spacial score (nSPS) is 18.4. The van der Waals surface area contributed by atoms with Crippen LogP contribution in [0.5, 0.6) is 0 Å². The average molecular weight is 349 g/mol. The van der Waals surface area contributed by atoms with Crippen LogP contribution < -0.4 is 10.8 Å². The highest BCUT2D eigenvalue weighted by Gasteiger charge is 2.51. The molecular formula is C20H24BN3O2. The van der Waals surface area contributed by atoms with E-state index in [0.717, 1.165) is 33.6 Å². The van der Waals surface area contributed by atoms with Crippen LogP contribution in [0, 0.1) is 0 Å². The summed E-state index contributed by atoms with van der Waals surface area (Å²) in [6.45, 7) is 8.26. The number of hydrogen-bond donors (Lipinski definition) is 2. The van der Waals surface area contributed by atoms with E-state index in [-0.39, 0.29) is 18.3 Å². The van der Waals surface area contributed by atoms with Gasteiger partial charge in [0.2, 0.25) is 0 Å². The zero-order valence-corrected chi connectivity index (χ0v) is 15.9. The number of aromatic amines is 1. The summed E-state index contributed by atoms with van der Waals surface area (Å²) in [6.07, 6.45) is 0. The molecule has 1 saturated heterocycles. The third-order valence-electron chi connectivity index (χ3n) is 5.48. The molecule has 0 atom stereocenters. The van der Waals surface area contributed by atoms with E-state index in [0.29, 0.717) is 0 Å². The maximum Gasteiger partial charge on any atom is 0.494 e. The molecule has 0 aliphatic carbocycles. The lowest BCUT2D eigenvalue weighted by atomic mass is 9.79. The van der Waals surface area contributed by atoms with E-state index in [9.17, 15) is 0 Å². The van der Waals surface area contributed by atoms with E-state index in [4.69, 9.17) is 14.3 Å². The Morgan fingerprint density at radius 3 is 2.23 bits per heavy atom. The fraction of sp³-hybridized carbons (Fsp3) is 0.350. The summed E-state index contributed by atoms with van der Waals surface area (Å²) in [4.78, 5) is 8.12. The van der Waals surface area contributed by atoms with Crippen LogP contribution in [0.1, 0.15) is 27.7 Å². The van der Waals surface area contributed by atoms with Gasteiger partial charge in [0.1, 0.15) is 5.82 Å². The van der Waals surface area contributed by atoms with Crippen molar-refractivity contribution in [3.8, 4) is 11.4 Å². The van der Waals surface area contributed by atoms with E-state index in [1.165, 1.54) is 0 Å². The Labute approximate surface area is 154 Å². The first-order chi connectivity index (χ1) is 12.3. The predicted octanol–water partition coefficient (Wildman–Crippen LogP) is 3.57. The highest BCUT2D eigenvalue weighted by molar-refractivity contribution is 6.62. The minimum absolute atomic E-state index is 0.346. The molecule has 0 bridgehead atoms. The zero-order valence-electron chi connectivity index (χ0n) is 15.9. The van der Waals surface area contributed by atoms with Crippen molar-refractivity contribution in [1.29, 1.82) is 0 Å². The highest BCUT2D eigenvalue weighted by atomic mass is 16.7. The Hall–Kier alpha value is -2.31. The van der Waals surface area contributed by atoms with Crippen molar-refractivity contribution in [2.45, 2.75) is 38.9 Å². The van der Waals surface area contributed by atoms with Gasteiger partial charge in [0, 0.05) is 18.3 Å². The third-order valence-corrected chi connectivity index (χ3v) is 5.48. The van der Waals surface area contributed by atoms with Crippen molar-refractivity contribution in [2.24, 2.45) is 0 Å². The fourth-order valence-electron chi connectivity index (χ4n) is 3.08. The number of nitrogens with one attached hydrogen (secondary N) is 2. The van der Waals surface area contributed by atoms with Crippen molar-refractivity contribution in [2.75, 3.05) is 12.4 Å². The Morgan fingerprint density at radius 1 is 0.962 bits per heavy atom. The number of rotatable bonds is 3. The molecule has 0 spiro atoms. The van der Waals surface area contributed by atoms with Crippen molar-refractivity contribution >= 4 is 29.3 Å². The SMILES string of the molecule is CNc1ccc(-c2nc3ccc(B4OC(C)(C)C(C)(C)O4)cc3[nH]2)cc1. The molecular weight excluding hydrogens is 325 g/mol. The second kappa shape index (κ2) is 5.86. The van der Waals surface area contributed by atoms with E-state index in [1.807, 2.05) is 31.3 Å². The number of fused-ring (bicyclic) bond motifs is 1. The number of nitrogens with zero attached hydrogens (tertiary/aromatic N) is 1. The lowest BCUT2D eigenvalue weighted by molar-refractivity contribution is 0.00578. The largest absolute Gasteiger partial charge is 0.494 e. The van der Waals surface area contributed by atoms with E-state index >= 15 is 0 Å². The molecule has 3 aromatic rings. The second-order valence-corrected chi connectivity index (χ2v) is 7.78. The maximum absolute atomic E-state index is 6.15. The molecule has 0 radical (unpaired) electrons. The number of anilines is 1. The molecule has 5 nitrogen and oxygen atoms in total. The number of benzene rings is 2. The molecule has 0 amide bonds. The summed E-state index contributed by atoms with van der Waals surface area (Å²) in [6, 6.07) is 14.3. The molecule has 4 rings (SSSR count). The van der Waals surface area contributed by atoms with Crippen LogP contribution in [0.4, 0.5) is 5.69 Å². The minimum Gasteiger partial charge on any atom is -0.399 e. The lowest BCUT2D eigenvalue weighted by Gasteiger charge is -2.32. The molecule has 26 heavy (non-hydrogen) atoms. The van der Waals surface area contributed by atoms with Gasteiger partial charge in [0.15, 0.2) is 0 Å². The minimum atomic E-state index is -0.369. The molecule has 1 aliphatic heterocycles. The van der Waals surface area contributed by atoms with Crippen LogP contribution in [0.15, 0.2) is 42.5 Å². The second-order valence-electron chi connectivity index (χ2n) is 7.78. The molecule has 2 N–H and O–H groups in total. The Morgan fingerprint density at radius 2 is 1.62 bits per heavy atom. The summed E-state index contributed by atoms with van der Waals surface area (Å²) < 4.78 is 12.3. The summed E-state index contributed by atoms with van der Waals surface area (Å²) >= 11 is 0. The van der Waals surface area contributed by atoms with E-state index in [2.05, 4.69) is 56.2 Å². The third kappa shape index (κ3) is 2.79. The van der Waals surface area contributed by atoms with Crippen LogP contribution in [-0.2, 0) is 9.31 Å². The Bertz CT molecular complexity index is 931. The zero-order chi connectivity index (χ0) is 18.5. The van der Waals surface area contributed by atoms with Crippen LogP contribution >= 0.6 is 0 Å². The van der Waals surface area contributed by atoms with Crippen molar-refractivity contribution in [3.05, 3.63) is 42.5 Å². The van der Waals surface area contributed by atoms with Crippen LogP contribution in [0.2, 0.25) is 0 Å². The standard InChI is InChI=1S/C20H24BN3O2/c1-19(2)20(3,4)26-21(25-19)14-8-11-16-17(12-14)24-18(23-16)13-6-9-15(22-5)10-7-13/h6-12,22H,1-5H3,(H,23,24). The molecule has 0 saturated carbocycles. The van der Waals surface area contributed by atoms with Gasteiger partial charge < -0.3 is 19.6 Å². The maximum atomic E-state index is 6.15. The van der Waals surface area contributed by atoms with Crippen molar-refractivity contribution < 1.29 is 9.31 Å². The molecule has 1 fully saturated rings. The van der Waals surface area contributed by atoms with Gasteiger partial charge in [-0.15, -0.1) is 0 Å². The summed E-state index contributed by atoms with van der Waals surface area (Å²) in [7, 11) is 1.54. The first kappa shape index (κ1) is 17.1. The van der Waals surface area contributed by atoms with Crippen LogP contribution in [-0.4, -0.2) is 35.3 Å². The van der Waals surface area contributed by atoms with Crippen LogP contribution in [0.25, 0.3) is 22.4 Å². The quantitative estimate of drug-likeness (QED) is 0.710. The number of imidazole rings is 1. The molecule has 2 heterocycles. The van der Waals surface area contributed by atoms with Gasteiger partial charge in [-0.2, -0.15) is 0 Å². The molecule has 6 heteroatoms. The summed E-state index contributed by atoms with van der Waals surface area (Å²) in [5.41, 5.74) is 4.34. The molecule has 1 aliphatic rings. The first-order valence-corrected chi connectivity index (χ1v) is 8.92. The lowest BCUT2D eigenvalue weighted by Crippen LogP contribution is -2.41. The predicted molar refractivity (Wildman–Crippen MR) is 107 cm³/mol. The monoisotopic (exact) mass is 349 g/mol. The number of aromatic nitrogens is 2. The Kier molecular flexibility index (Phi) is 3.86. The van der Waals surface area contributed by atoms with Gasteiger partial charge in [-0.3, -0.25) is 0 Å². The molecule has 0 unspecified atom stereocenters. The van der Waals surface area contributed by atoms with Crippen molar-refractivity contribution in [3.63, 3.8) is 0 Å². The van der Waals surface area contributed by atoms with Gasteiger partial charge in [-0.25, -0.2) is 4.98 Å². The van der Waals surface area contributed by atoms with Crippen LogP contribution in [0.3, 0.4) is 0 Å². The van der Waals surface area contributed by atoms with Gasteiger partial charge in [-0.05, 0) is 69.6 Å². The van der Waals surface area contributed by atoms with E-state index in [1.54, 1.807) is 0 Å². The van der Waals surface area contributed by atoms with Gasteiger partial charge >= 0.3 is 7.12 Å². The summed E-state index contributed by atoms with van der Waals surface area (Å²) in [5, 5.41) is 3.13. The first-order valence-electron chi connectivity index (χ1n) is 8.92. The van der Waals surface area contributed by atoms with Gasteiger partial charge in [-0.1, -0.05) is 6.07 Å².